The number of anilines is 1. The minimum absolute atomic E-state index is 0.199. The SMILES string of the molecule is Cc1cc(NS(=O)(=O)C(C)C#N)n[nH]1. The van der Waals surface area contributed by atoms with Gasteiger partial charge in [-0.3, -0.25) is 9.82 Å². The van der Waals surface area contributed by atoms with E-state index in [1.807, 2.05) is 0 Å². The van der Waals surface area contributed by atoms with Crippen LogP contribution in [0.5, 0.6) is 0 Å². The smallest absolute Gasteiger partial charge is 0.250 e. The highest BCUT2D eigenvalue weighted by Gasteiger charge is 2.20. The molecule has 0 radical (unpaired) electrons. The molecule has 0 bridgehead atoms. The van der Waals surface area contributed by atoms with Crippen molar-refractivity contribution in [3.8, 4) is 6.07 Å². The molecule has 1 aromatic heterocycles. The van der Waals surface area contributed by atoms with Crippen molar-refractivity contribution < 1.29 is 8.42 Å². The average Bonchev–Trinajstić information content (AvgIpc) is 2.48. The summed E-state index contributed by atoms with van der Waals surface area (Å²) in [5, 5.41) is 13.6. The first-order chi connectivity index (χ1) is 6.45. The molecule has 1 heterocycles. The highest BCUT2D eigenvalue weighted by molar-refractivity contribution is 7.93. The van der Waals surface area contributed by atoms with Crippen LogP contribution in [-0.2, 0) is 10.0 Å². The zero-order valence-electron chi connectivity index (χ0n) is 7.77. The fraction of sp³-hybridized carbons (Fsp3) is 0.429. The number of rotatable bonds is 3. The zero-order chi connectivity index (χ0) is 10.8. The first-order valence-corrected chi connectivity index (χ1v) is 5.43. The van der Waals surface area contributed by atoms with Crippen LogP contribution in [0.4, 0.5) is 5.82 Å². The van der Waals surface area contributed by atoms with Gasteiger partial charge in [0.2, 0.25) is 10.0 Å². The normalized spacial score (nSPS) is 13.2. The number of aromatic amines is 1. The second kappa shape index (κ2) is 3.67. The van der Waals surface area contributed by atoms with E-state index in [2.05, 4.69) is 14.9 Å². The monoisotopic (exact) mass is 214 g/mol. The highest BCUT2D eigenvalue weighted by atomic mass is 32.2. The summed E-state index contributed by atoms with van der Waals surface area (Å²) in [6.45, 7) is 3.06. The van der Waals surface area contributed by atoms with Crippen molar-refractivity contribution in [3.05, 3.63) is 11.8 Å². The zero-order valence-corrected chi connectivity index (χ0v) is 8.59. The van der Waals surface area contributed by atoms with Crippen LogP contribution in [0.2, 0.25) is 0 Å². The molecule has 0 aliphatic heterocycles. The van der Waals surface area contributed by atoms with Crippen LogP contribution in [0.25, 0.3) is 0 Å². The lowest BCUT2D eigenvalue weighted by Gasteiger charge is -2.05. The highest BCUT2D eigenvalue weighted by Crippen LogP contribution is 2.09. The molecule has 1 unspecified atom stereocenters. The van der Waals surface area contributed by atoms with E-state index >= 15 is 0 Å². The van der Waals surface area contributed by atoms with E-state index in [1.165, 1.54) is 6.92 Å². The number of nitrogens with zero attached hydrogens (tertiary/aromatic N) is 2. The molecule has 0 spiro atoms. The molecular weight excluding hydrogens is 204 g/mol. The number of sulfonamides is 1. The molecule has 1 aromatic rings. The average molecular weight is 214 g/mol. The summed E-state index contributed by atoms with van der Waals surface area (Å²) in [5.74, 6) is 0.199. The van der Waals surface area contributed by atoms with Gasteiger partial charge in [0.15, 0.2) is 11.1 Å². The standard InChI is InChI=1S/C7H10N4O2S/c1-5-3-7(10-9-5)11-14(12,13)6(2)4-8/h3,6H,1-2H3,(H2,9,10,11). The molecule has 0 saturated heterocycles. The quantitative estimate of drug-likeness (QED) is 0.759. The Labute approximate surface area is 82.0 Å². The van der Waals surface area contributed by atoms with Crippen LogP contribution in [0.1, 0.15) is 12.6 Å². The minimum atomic E-state index is -3.64. The lowest BCUT2D eigenvalue weighted by Crippen LogP contribution is -2.23. The molecule has 2 N–H and O–H groups in total. The van der Waals surface area contributed by atoms with E-state index in [9.17, 15) is 8.42 Å². The molecule has 0 aliphatic rings. The predicted molar refractivity (Wildman–Crippen MR) is 50.9 cm³/mol. The van der Waals surface area contributed by atoms with E-state index in [4.69, 9.17) is 5.26 Å². The summed E-state index contributed by atoms with van der Waals surface area (Å²) in [4.78, 5) is 0. The first kappa shape index (κ1) is 10.5. The van der Waals surface area contributed by atoms with Gasteiger partial charge in [-0.15, -0.1) is 0 Å². The predicted octanol–water partition coefficient (Wildman–Crippen LogP) is 0.372. The summed E-state index contributed by atoms with van der Waals surface area (Å²) in [6.07, 6.45) is 0. The Hall–Kier alpha value is -1.55. The van der Waals surface area contributed by atoms with Crippen LogP contribution in [0.15, 0.2) is 6.07 Å². The van der Waals surface area contributed by atoms with Gasteiger partial charge >= 0.3 is 0 Å². The van der Waals surface area contributed by atoms with Gasteiger partial charge in [-0.1, -0.05) is 0 Å². The lowest BCUT2D eigenvalue weighted by molar-refractivity contribution is 0.597. The van der Waals surface area contributed by atoms with Crippen LogP contribution >= 0.6 is 0 Å². The largest absolute Gasteiger partial charge is 0.281 e. The third kappa shape index (κ3) is 2.23. The second-order valence-electron chi connectivity index (χ2n) is 2.85. The van der Waals surface area contributed by atoms with Crippen LogP contribution in [0.3, 0.4) is 0 Å². The Bertz CT molecular complexity index is 456. The number of aromatic nitrogens is 2. The first-order valence-electron chi connectivity index (χ1n) is 3.89. The third-order valence-electron chi connectivity index (χ3n) is 1.60. The molecule has 0 aliphatic carbocycles. The molecule has 6 nitrogen and oxygen atoms in total. The van der Waals surface area contributed by atoms with Gasteiger partial charge < -0.3 is 0 Å². The number of nitrogens with one attached hydrogen (secondary N) is 2. The maximum Gasteiger partial charge on any atom is 0.250 e. The van der Waals surface area contributed by atoms with E-state index in [0.29, 0.717) is 0 Å². The van der Waals surface area contributed by atoms with Gasteiger partial charge in [0.25, 0.3) is 0 Å². The molecule has 1 rings (SSSR count). The molecule has 14 heavy (non-hydrogen) atoms. The Balaban J connectivity index is 2.85. The van der Waals surface area contributed by atoms with Crippen molar-refractivity contribution in [1.29, 1.82) is 5.26 Å². The topological polar surface area (TPSA) is 98.6 Å². The number of aryl methyl sites for hydroxylation is 1. The fourth-order valence-corrected chi connectivity index (χ4v) is 1.49. The van der Waals surface area contributed by atoms with Gasteiger partial charge in [-0.2, -0.15) is 10.4 Å². The fourth-order valence-electron chi connectivity index (χ4n) is 0.774. The van der Waals surface area contributed by atoms with Crippen molar-refractivity contribution in [2.24, 2.45) is 0 Å². The van der Waals surface area contributed by atoms with E-state index in [0.717, 1.165) is 5.69 Å². The van der Waals surface area contributed by atoms with Gasteiger partial charge in [0.1, 0.15) is 0 Å². The molecule has 1 atom stereocenters. The van der Waals surface area contributed by atoms with Crippen molar-refractivity contribution in [3.63, 3.8) is 0 Å². The van der Waals surface area contributed by atoms with Crippen LogP contribution < -0.4 is 4.72 Å². The molecule has 0 fully saturated rings. The number of hydrogen-bond donors (Lipinski definition) is 2. The van der Waals surface area contributed by atoms with Crippen molar-refractivity contribution >= 4 is 15.8 Å². The maximum atomic E-state index is 11.4. The number of H-pyrrole nitrogens is 1. The van der Waals surface area contributed by atoms with Gasteiger partial charge in [-0.05, 0) is 13.8 Å². The van der Waals surface area contributed by atoms with Crippen molar-refractivity contribution in [2.45, 2.75) is 19.1 Å². The molecule has 0 saturated carbocycles. The Kier molecular flexibility index (Phi) is 2.76. The maximum absolute atomic E-state index is 11.4. The summed E-state index contributed by atoms with van der Waals surface area (Å²) < 4.78 is 24.9. The summed E-state index contributed by atoms with van der Waals surface area (Å²) >= 11 is 0. The summed E-state index contributed by atoms with van der Waals surface area (Å²) in [5.41, 5.74) is 0.743. The van der Waals surface area contributed by atoms with Crippen molar-refractivity contribution in [2.75, 3.05) is 4.72 Å². The number of nitriles is 1. The Morgan fingerprint density at radius 2 is 2.36 bits per heavy atom. The minimum Gasteiger partial charge on any atom is -0.281 e. The number of hydrogen-bond acceptors (Lipinski definition) is 4. The van der Waals surface area contributed by atoms with Gasteiger partial charge in [0, 0.05) is 11.8 Å². The van der Waals surface area contributed by atoms with E-state index < -0.39 is 15.3 Å². The molecular formula is C7H10N4O2S. The molecule has 7 heteroatoms. The van der Waals surface area contributed by atoms with Gasteiger partial charge in [-0.25, -0.2) is 8.42 Å². The van der Waals surface area contributed by atoms with E-state index in [1.54, 1.807) is 19.1 Å². The van der Waals surface area contributed by atoms with Gasteiger partial charge in [0.05, 0.1) is 6.07 Å². The second-order valence-corrected chi connectivity index (χ2v) is 4.86. The molecule has 76 valence electrons. The molecule has 0 amide bonds. The van der Waals surface area contributed by atoms with Crippen LogP contribution in [0, 0.1) is 18.3 Å². The Morgan fingerprint density at radius 3 is 2.79 bits per heavy atom. The summed E-state index contributed by atoms with van der Waals surface area (Å²) in [7, 11) is -3.64. The summed E-state index contributed by atoms with van der Waals surface area (Å²) in [6, 6.07) is 3.19. The third-order valence-corrected chi connectivity index (χ3v) is 3.13. The Morgan fingerprint density at radius 1 is 1.71 bits per heavy atom. The van der Waals surface area contributed by atoms with E-state index in [-0.39, 0.29) is 5.82 Å². The van der Waals surface area contributed by atoms with Crippen molar-refractivity contribution in [1.82, 2.24) is 10.2 Å². The molecule has 0 aromatic carbocycles. The lowest BCUT2D eigenvalue weighted by atomic mass is 10.5. The van der Waals surface area contributed by atoms with Crippen LogP contribution in [-0.4, -0.2) is 23.9 Å².